The van der Waals surface area contributed by atoms with E-state index in [1.807, 2.05) is 60.7 Å². The van der Waals surface area contributed by atoms with Gasteiger partial charge in [0.25, 0.3) is 0 Å². The molecule has 0 spiro atoms. The molecule has 0 radical (unpaired) electrons. The van der Waals surface area contributed by atoms with Crippen LogP contribution in [0.4, 0.5) is 0 Å². The van der Waals surface area contributed by atoms with Crippen molar-refractivity contribution in [2.24, 2.45) is 0 Å². The van der Waals surface area contributed by atoms with Crippen molar-refractivity contribution in [3.8, 4) is 5.75 Å². The van der Waals surface area contributed by atoms with E-state index in [0.717, 1.165) is 5.56 Å². The number of rotatable bonds is 6. The summed E-state index contributed by atoms with van der Waals surface area (Å²) in [6, 6.07) is 18.7. The lowest BCUT2D eigenvalue weighted by Gasteiger charge is -2.13. The Kier molecular flexibility index (Phi) is 4.95. The van der Waals surface area contributed by atoms with E-state index in [1.165, 1.54) is 0 Å². The maximum absolute atomic E-state index is 11.2. The fourth-order valence-corrected chi connectivity index (χ4v) is 1.75. The number of hydrogen-bond acceptors (Lipinski definition) is 2. The van der Waals surface area contributed by atoms with Crippen LogP contribution in [0.25, 0.3) is 6.08 Å². The molecule has 2 aromatic carbocycles. The average molecular weight is 268 g/mol. The number of carboxylic acid groups (broad SMARTS) is 1. The summed E-state index contributed by atoms with van der Waals surface area (Å²) in [4.78, 5) is 11.2. The van der Waals surface area contributed by atoms with Crippen molar-refractivity contribution in [2.45, 2.75) is 12.5 Å². The van der Waals surface area contributed by atoms with E-state index in [0.29, 0.717) is 12.2 Å². The summed E-state index contributed by atoms with van der Waals surface area (Å²) in [7, 11) is 0. The highest BCUT2D eigenvalue weighted by atomic mass is 16.5. The summed E-state index contributed by atoms with van der Waals surface area (Å²) < 4.78 is 5.46. The highest BCUT2D eigenvalue weighted by Gasteiger charge is 2.17. The first-order valence-electron chi connectivity index (χ1n) is 6.42. The Morgan fingerprint density at radius 3 is 2.25 bits per heavy atom. The van der Waals surface area contributed by atoms with Gasteiger partial charge in [0.2, 0.25) is 0 Å². The standard InChI is InChI=1S/C17H16O3/c18-17(19)16(20-15-11-5-2-6-12-15)13-7-10-14-8-3-1-4-9-14/h1-12,16H,13H2,(H,18,19)/b10-7+. The third-order valence-corrected chi connectivity index (χ3v) is 2.76. The molecule has 0 aliphatic carbocycles. The highest BCUT2D eigenvalue weighted by molar-refractivity contribution is 5.73. The van der Waals surface area contributed by atoms with Gasteiger partial charge in [-0.1, -0.05) is 60.7 Å². The van der Waals surface area contributed by atoms with E-state index >= 15 is 0 Å². The van der Waals surface area contributed by atoms with Crippen LogP contribution in [0.3, 0.4) is 0 Å². The van der Waals surface area contributed by atoms with E-state index in [2.05, 4.69) is 0 Å². The van der Waals surface area contributed by atoms with Crippen molar-refractivity contribution < 1.29 is 14.6 Å². The summed E-state index contributed by atoms with van der Waals surface area (Å²) in [5, 5.41) is 9.17. The van der Waals surface area contributed by atoms with Crippen LogP contribution in [0.2, 0.25) is 0 Å². The summed E-state index contributed by atoms with van der Waals surface area (Å²) in [6.45, 7) is 0. The number of ether oxygens (including phenoxy) is 1. The van der Waals surface area contributed by atoms with E-state index in [-0.39, 0.29) is 0 Å². The molecule has 0 saturated carbocycles. The predicted molar refractivity (Wildman–Crippen MR) is 78.6 cm³/mol. The molecule has 102 valence electrons. The van der Waals surface area contributed by atoms with Crippen molar-refractivity contribution in [2.75, 3.05) is 0 Å². The third kappa shape index (κ3) is 4.28. The van der Waals surface area contributed by atoms with Gasteiger partial charge in [-0.15, -0.1) is 0 Å². The third-order valence-electron chi connectivity index (χ3n) is 2.76. The molecule has 0 fully saturated rings. The van der Waals surface area contributed by atoms with Crippen LogP contribution in [-0.2, 0) is 4.79 Å². The summed E-state index contributed by atoms with van der Waals surface area (Å²) >= 11 is 0. The number of aliphatic carboxylic acids is 1. The van der Waals surface area contributed by atoms with E-state index in [9.17, 15) is 9.90 Å². The summed E-state index contributed by atoms with van der Waals surface area (Å²) in [5.41, 5.74) is 1.04. The van der Waals surface area contributed by atoms with Crippen LogP contribution in [0.1, 0.15) is 12.0 Å². The maximum atomic E-state index is 11.2. The van der Waals surface area contributed by atoms with Crippen LogP contribution < -0.4 is 4.74 Å². The van der Waals surface area contributed by atoms with Crippen LogP contribution in [0, 0.1) is 0 Å². The molecule has 2 aromatic rings. The molecule has 3 heteroatoms. The van der Waals surface area contributed by atoms with Gasteiger partial charge in [0.15, 0.2) is 6.10 Å². The summed E-state index contributed by atoms with van der Waals surface area (Å²) in [6.07, 6.45) is 3.15. The van der Waals surface area contributed by atoms with Gasteiger partial charge in [-0.2, -0.15) is 0 Å². The quantitative estimate of drug-likeness (QED) is 0.870. The topological polar surface area (TPSA) is 46.5 Å². The van der Waals surface area contributed by atoms with Gasteiger partial charge in [-0.05, 0) is 17.7 Å². The minimum Gasteiger partial charge on any atom is -0.478 e. The van der Waals surface area contributed by atoms with E-state index in [4.69, 9.17) is 4.74 Å². The Bertz CT molecular complexity index is 561. The molecule has 0 aliphatic heterocycles. The smallest absolute Gasteiger partial charge is 0.345 e. The summed E-state index contributed by atoms with van der Waals surface area (Å²) in [5.74, 6) is -0.403. The van der Waals surface area contributed by atoms with Gasteiger partial charge >= 0.3 is 5.97 Å². The molecule has 2 rings (SSSR count). The van der Waals surface area contributed by atoms with Crippen molar-refractivity contribution in [1.29, 1.82) is 0 Å². The van der Waals surface area contributed by atoms with Gasteiger partial charge in [0.05, 0.1) is 0 Å². The lowest BCUT2D eigenvalue weighted by Crippen LogP contribution is -2.26. The maximum Gasteiger partial charge on any atom is 0.345 e. The van der Waals surface area contributed by atoms with Crippen LogP contribution >= 0.6 is 0 Å². The molecule has 3 nitrogen and oxygen atoms in total. The molecular weight excluding hydrogens is 252 g/mol. The first-order valence-corrected chi connectivity index (χ1v) is 6.42. The molecular formula is C17H16O3. The molecule has 20 heavy (non-hydrogen) atoms. The second-order valence-electron chi connectivity index (χ2n) is 4.31. The molecule has 1 atom stereocenters. The zero-order chi connectivity index (χ0) is 14.2. The first kappa shape index (κ1) is 13.9. The minimum absolute atomic E-state index is 0.319. The Morgan fingerprint density at radius 2 is 1.65 bits per heavy atom. The molecule has 0 bridgehead atoms. The predicted octanol–water partition coefficient (Wildman–Crippen LogP) is 3.62. The zero-order valence-corrected chi connectivity index (χ0v) is 11.0. The zero-order valence-electron chi connectivity index (χ0n) is 11.0. The van der Waals surface area contributed by atoms with Gasteiger partial charge in [0, 0.05) is 6.42 Å². The molecule has 0 amide bonds. The molecule has 0 saturated heterocycles. The van der Waals surface area contributed by atoms with Crippen LogP contribution in [0.5, 0.6) is 5.75 Å². The lowest BCUT2D eigenvalue weighted by atomic mass is 10.1. The molecule has 0 aliphatic rings. The normalized spacial score (nSPS) is 12.2. The fourth-order valence-electron chi connectivity index (χ4n) is 1.75. The van der Waals surface area contributed by atoms with Crippen molar-refractivity contribution in [3.63, 3.8) is 0 Å². The van der Waals surface area contributed by atoms with Crippen LogP contribution in [-0.4, -0.2) is 17.2 Å². The minimum atomic E-state index is -0.966. The number of carbonyl (C=O) groups is 1. The Labute approximate surface area is 118 Å². The van der Waals surface area contributed by atoms with Gasteiger partial charge < -0.3 is 9.84 Å². The molecule has 0 aromatic heterocycles. The Morgan fingerprint density at radius 1 is 1.05 bits per heavy atom. The van der Waals surface area contributed by atoms with Crippen molar-refractivity contribution >= 4 is 12.0 Å². The van der Waals surface area contributed by atoms with Gasteiger partial charge in [-0.3, -0.25) is 0 Å². The van der Waals surface area contributed by atoms with E-state index < -0.39 is 12.1 Å². The number of carboxylic acids is 1. The Balaban J connectivity index is 1.96. The largest absolute Gasteiger partial charge is 0.478 e. The second kappa shape index (κ2) is 7.14. The Hall–Kier alpha value is -2.55. The monoisotopic (exact) mass is 268 g/mol. The molecule has 1 N–H and O–H groups in total. The number of benzene rings is 2. The first-order chi connectivity index (χ1) is 9.75. The lowest BCUT2D eigenvalue weighted by molar-refractivity contribution is -0.144. The van der Waals surface area contributed by atoms with Crippen LogP contribution in [0.15, 0.2) is 66.7 Å². The van der Waals surface area contributed by atoms with Crippen molar-refractivity contribution in [1.82, 2.24) is 0 Å². The number of para-hydroxylation sites is 1. The molecule has 0 heterocycles. The fraction of sp³-hybridized carbons (Fsp3) is 0.118. The van der Waals surface area contributed by atoms with Crippen molar-refractivity contribution in [3.05, 3.63) is 72.3 Å². The number of hydrogen-bond donors (Lipinski definition) is 1. The molecule has 1 unspecified atom stereocenters. The van der Waals surface area contributed by atoms with Gasteiger partial charge in [0.1, 0.15) is 5.75 Å². The second-order valence-corrected chi connectivity index (χ2v) is 4.31. The highest BCUT2D eigenvalue weighted by Crippen LogP contribution is 2.13. The SMILES string of the molecule is O=C(O)C(C/C=C/c1ccccc1)Oc1ccccc1. The van der Waals surface area contributed by atoms with E-state index in [1.54, 1.807) is 12.1 Å². The van der Waals surface area contributed by atoms with Gasteiger partial charge in [-0.25, -0.2) is 4.79 Å². The average Bonchev–Trinajstić information content (AvgIpc) is 2.48.